The maximum Gasteiger partial charge on any atom is 0.326 e. The van der Waals surface area contributed by atoms with Gasteiger partial charge in [0.25, 0.3) is 17.7 Å². The molecule has 2 aromatic rings. The molecule has 138 valence electrons. The summed E-state index contributed by atoms with van der Waals surface area (Å²) < 4.78 is 4.85. The SMILES string of the molecule is O=C(COC(=O)CN1C(=O)c2ccccc2C1=O)NCc1ccc(Cl)cc1. The first-order chi connectivity index (χ1) is 13.0. The Morgan fingerprint density at radius 2 is 1.56 bits per heavy atom. The first kappa shape index (κ1) is 18.6. The predicted octanol–water partition coefficient (Wildman–Crippen LogP) is 1.80. The summed E-state index contributed by atoms with van der Waals surface area (Å²) in [6, 6.07) is 13.2. The maximum atomic E-state index is 12.2. The molecule has 0 spiro atoms. The number of nitrogens with one attached hydrogen (secondary N) is 1. The highest BCUT2D eigenvalue weighted by atomic mass is 35.5. The number of imide groups is 1. The third-order valence-corrected chi connectivity index (χ3v) is 4.18. The summed E-state index contributed by atoms with van der Waals surface area (Å²) in [5.41, 5.74) is 1.33. The lowest BCUT2D eigenvalue weighted by atomic mass is 10.1. The summed E-state index contributed by atoms with van der Waals surface area (Å²) >= 11 is 5.78. The fourth-order valence-corrected chi connectivity index (χ4v) is 2.68. The summed E-state index contributed by atoms with van der Waals surface area (Å²) in [5.74, 6) is -2.45. The van der Waals surface area contributed by atoms with E-state index in [9.17, 15) is 19.2 Å². The second-order valence-electron chi connectivity index (χ2n) is 5.81. The van der Waals surface area contributed by atoms with E-state index in [1.807, 2.05) is 0 Å². The zero-order valence-electron chi connectivity index (χ0n) is 14.1. The number of amides is 3. The van der Waals surface area contributed by atoms with Crippen molar-refractivity contribution in [2.24, 2.45) is 0 Å². The van der Waals surface area contributed by atoms with Crippen molar-refractivity contribution in [3.8, 4) is 0 Å². The van der Waals surface area contributed by atoms with Crippen LogP contribution in [-0.4, -0.2) is 41.7 Å². The molecule has 0 saturated carbocycles. The summed E-state index contributed by atoms with van der Waals surface area (Å²) in [6.45, 7) is -0.793. The van der Waals surface area contributed by atoms with Gasteiger partial charge in [0, 0.05) is 11.6 Å². The number of carbonyl (C=O) groups excluding carboxylic acids is 4. The zero-order chi connectivity index (χ0) is 19.4. The highest BCUT2D eigenvalue weighted by molar-refractivity contribution is 6.30. The lowest BCUT2D eigenvalue weighted by molar-refractivity contribution is -0.148. The number of hydrogen-bond donors (Lipinski definition) is 1. The number of esters is 1. The molecule has 3 amide bonds. The van der Waals surface area contributed by atoms with Gasteiger partial charge in [-0.2, -0.15) is 0 Å². The van der Waals surface area contributed by atoms with Crippen LogP contribution in [0.3, 0.4) is 0 Å². The molecule has 3 rings (SSSR count). The number of hydrogen-bond acceptors (Lipinski definition) is 5. The van der Waals surface area contributed by atoms with E-state index in [1.165, 1.54) is 12.1 Å². The molecule has 1 N–H and O–H groups in total. The van der Waals surface area contributed by atoms with Crippen LogP contribution >= 0.6 is 11.6 Å². The van der Waals surface area contributed by atoms with E-state index in [2.05, 4.69) is 5.32 Å². The van der Waals surface area contributed by atoms with Gasteiger partial charge in [-0.15, -0.1) is 0 Å². The third-order valence-electron chi connectivity index (χ3n) is 3.93. The molecule has 1 aliphatic rings. The van der Waals surface area contributed by atoms with E-state index in [1.54, 1.807) is 36.4 Å². The van der Waals surface area contributed by atoms with Crippen LogP contribution in [0.15, 0.2) is 48.5 Å². The van der Waals surface area contributed by atoms with Crippen LogP contribution in [0.4, 0.5) is 0 Å². The molecule has 8 heteroatoms. The van der Waals surface area contributed by atoms with Crippen LogP contribution < -0.4 is 5.32 Å². The number of ether oxygens (including phenoxy) is 1. The lowest BCUT2D eigenvalue weighted by Crippen LogP contribution is -2.37. The van der Waals surface area contributed by atoms with Crippen molar-refractivity contribution in [1.82, 2.24) is 10.2 Å². The van der Waals surface area contributed by atoms with E-state index in [4.69, 9.17) is 16.3 Å². The largest absolute Gasteiger partial charge is 0.454 e. The van der Waals surface area contributed by atoms with E-state index in [0.29, 0.717) is 5.02 Å². The van der Waals surface area contributed by atoms with Gasteiger partial charge in [-0.3, -0.25) is 24.1 Å². The first-order valence-corrected chi connectivity index (χ1v) is 8.45. The Kier molecular flexibility index (Phi) is 5.52. The van der Waals surface area contributed by atoms with Crippen LogP contribution in [0.25, 0.3) is 0 Å². The van der Waals surface area contributed by atoms with E-state index >= 15 is 0 Å². The number of carbonyl (C=O) groups is 4. The molecule has 0 aliphatic carbocycles. The molecule has 1 heterocycles. The Labute approximate surface area is 159 Å². The minimum Gasteiger partial charge on any atom is -0.454 e. The molecule has 2 aromatic carbocycles. The molecule has 0 unspecified atom stereocenters. The van der Waals surface area contributed by atoms with Crippen molar-refractivity contribution < 1.29 is 23.9 Å². The fraction of sp³-hybridized carbons (Fsp3) is 0.158. The molecular formula is C19H15ClN2O5. The average Bonchev–Trinajstić information content (AvgIpc) is 2.91. The van der Waals surface area contributed by atoms with Crippen molar-refractivity contribution >= 4 is 35.3 Å². The van der Waals surface area contributed by atoms with Gasteiger partial charge < -0.3 is 10.1 Å². The Morgan fingerprint density at radius 1 is 0.963 bits per heavy atom. The van der Waals surface area contributed by atoms with Gasteiger partial charge in [0.1, 0.15) is 6.54 Å². The van der Waals surface area contributed by atoms with E-state index in [0.717, 1.165) is 10.5 Å². The summed E-state index contributed by atoms with van der Waals surface area (Å²) in [7, 11) is 0. The topological polar surface area (TPSA) is 92.8 Å². The molecule has 1 aliphatic heterocycles. The second kappa shape index (κ2) is 8.01. The maximum absolute atomic E-state index is 12.2. The van der Waals surface area contributed by atoms with Crippen molar-refractivity contribution in [2.45, 2.75) is 6.54 Å². The average molecular weight is 387 g/mol. The van der Waals surface area contributed by atoms with Gasteiger partial charge in [0.2, 0.25) is 0 Å². The highest BCUT2D eigenvalue weighted by Gasteiger charge is 2.36. The van der Waals surface area contributed by atoms with Crippen molar-refractivity contribution in [3.05, 3.63) is 70.2 Å². The lowest BCUT2D eigenvalue weighted by Gasteiger charge is -2.13. The van der Waals surface area contributed by atoms with Crippen LogP contribution in [0.2, 0.25) is 5.02 Å². The standard InChI is InChI=1S/C19H15ClN2O5/c20-13-7-5-12(6-8-13)9-21-16(23)11-27-17(24)10-22-18(25)14-3-1-2-4-15(14)19(22)26/h1-8H,9-11H2,(H,21,23). The molecular weight excluding hydrogens is 372 g/mol. The third kappa shape index (κ3) is 4.32. The Morgan fingerprint density at radius 3 is 2.15 bits per heavy atom. The van der Waals surface area contributed by atoms with E-state index < -0.39 is 36.8 Å². The summed E-state index contributed by atoms with van der Waals surface area (Å²) in [4.78, 5) is 48.8. The molecule has 7 nitrogen and oxygen atoms in total. The molecule has 0 fully saturated rings. The van der Waals surface area contributed by atoms with Gasteiger partial charge in [-0.05, 0) is 29.8 Å². The van der Waals surface area contributed by atoms with Gasteiger partial charge in [0.15, 0.2) is 6.61 Å². The Hall–Kier alpha value is -3.19. The minimum absolute atomic E-state index is 0.246. The van der Waals surface area contributed by atoms with Crippen molar-refractivity contribution in [3.63, 3.8) is 0 Å². The fourth-order valence-electron chi connectivity index (χ4n) is 2.56. The van der Waals surface area contributed by atoms with Crippen LogP contribution in [0.5, 0.6) is 0 Å². The smallest absolute Gasteiger partial charge is 0.326 e. The van der Waals surface area contributed by atoms with Crippen LogP contribution in [0.1, 0.15) is 26.3 Å². The second-order valence-corrected chi connectivity index (χ2v) is 6.24. The Bertz CT molecular complexity index is 876. The number of fused-ring (bicyclic) bond motifs is 1. The van der Waals surface area contributed by atoms with Crippen LogP contribution in [0, 0.1) is 0 Å². The zero-order valence-corrected chi connectivity index (χ0v) is 14.9. The van der Waals surface area contributed by atoms with Crippen molar-refractivity contribution in [1.29, 1.82) is 0 Å². The molecule has 0 atom stereocenters. The van der Waals surface area contributed by atoms with Gasteiger partial charge >= 0.3 is 5.97 Å². The highest BCUT2D eigenvalue weighted by Crippen LogP contribution is 2.22. The van der Waals surface area contributed by atoms with E-state index in [-0.39, 0.29) is 17.7 Å². The Balaban J connectivity index is 1.46. The normalized spacial score (nSPS) is 12.7. The number of rotatable bonds is 6. The number of nitrogens with zero attached hydrogens (tertiary/aromatic N) is 1. The quantitative estimate of drug-likeness (QED) is 0.603. The molecule has 0 saturated heterocycles. The molecule has 27 heavy (non-hydrogen) atoms. The van der Waals surface area contributed by atoms with Gasteiger partial charge in [-0.1, -0.05) is 35.9 Å². The number of halogens is 1. The predicted molar refractivity (Wildman–Crippen MR) is 96.1 cm³/mol. The minimum atomic E-state index is -0.842. The van der Waals surface area contributed by atoms with Gasteiger partial charge in [-0.25, -0.2) is 0 Å². The van der Waals surface area contributed by atoms with Gasteiger partial charge in [0.05, 0.1) is 11.1 Å². The van der Waals surface area contributed by atoms with Crippen molar-refractivity contribution in [2.75, 3.05) is 13.2 Å². The number of benzene rings is 2. The monoisotopic (exact) mass is 386 g/mol. The molecule has 0 bridgehead atoms. The summed E-state index contributed by atoms with van der Waals surface area (Å²) in [5, 5.41) is 3.18. The molecule has 0 radical (unpaired) electrons. The summed E-state index contributed by atoms with van der Waals surface area (Å²) in [6.07, 6.45) is 0. The van der Waals surface area contributed by atoms with Crippen LogP contribution in [-0.2, 0) is 20.9 Å². The first-order valence-electron chi connectivity index (χ1n) is 8.07. The molecule has 0 aromatic heterocycles.